The molecule has 8 aromatic carbocycles. The van der Waals surface area contributed by atoms with Gasteiger partial charge in [0.05, 0.1) is 22.2 Å². The van der Waals surface area contributed by atoms with Crippen LogP contribution in [0, 0.1) is 13.8 Å². The van der Waals surface area contributed by atoms with E-state index in [-0.39, 0.29) is 0 Å². The monoisotopic (exact) mass is 679 g/mol. The lowest BCUT2D eigenvalue weighted by molar-refractivity contribution is 0.669. The predicted octanol–water partition coefficient (Wildman–Crippen LogP) is 13.7. The first kappa shape index (κ1) is 31.1. The van der Waals surface area contributed by atoms with E-state index >= 15 is 0 Å². The number of nitrogens with zero attached hydrogens (tertiary/aromatic N) is 1. The lowest BCUT2D eigenvalue weighted by Gasteiger charge is -2.35. The largest absolute Gasteiger partial charge is 0.456 e. The van der Waals surface area contributed by atoms with E-state index < -0.39 is 5.41 Å². The average molecular weight is 680 g/mol. The molecular formula is C51H37NO. The molecule has 0 saturated carbocycles. The molecule has 0 radical (unpaired) electrons. The minimum atomic E-state index is -0.518. The topological polar surface area (TPSA) is 16.4 Å². The normalized spacial score (nSPS) is 12.9. The highest BCUT2D eigenvalue weighted by atomic mass is 16.3. The van der Waals surface area contributed by atoms with Gasteiger partial charge in [-0.15, -0.1) is 0 Å². The molecule has 53 heavy (non-hydrogen) atoms. The van der Waals surface area contributed by atoms with Gasteiger partial charge in [0.2, 0.25) is 0 Å². The average Bonchev–Trinajstić information content (AvgIpc) is 3.74. The van der Waals surface area contributed by atoms with Gasteiger partial charge in [-0.25, -0.2) is 0 Å². The summed E-state index contributed by atoms with van der Waals surface area (Å²) in [4.78, 5) is 2.48. The molecule has 1 heterocycles. The molecule has 2 nitrogen and oxygen atoms in total. The molecule has 1 aromatic heterocycles. The number of para-hydroxylation sites is 1. The number of anilines is 3. The second-order valence-electron chi connectivity index (χ2n) is 14.1. The van der Waals surface area contributed by atoms with Gasteiger partial charge in [0, 0.05) is 16.6 Å². The Morgan fingerprint density at radius 3 is 1.79 bits per heavy atom. The molecule has 0 atom stereocenters. The molecule has 9 aromatic rings. The molecule has 10 rings (SSSR count). The first-order valence-electron chi connectivity index (χ1n) is 18.4. The van der Waals surface area contributed by atoms with E-state index in [1.807, 2.05) is 6.07 Å². The molecule has 0 N–H and O–H groups in total. The Labute approximate surface area is 310 Å². The van der Waals surface area contributed by atoms with E-state index in [1.165, 1.54) is 55.6 Å². The Balaban J connectivity index is 1.33. The van der Waals surface area contributed by atoms with Crippen molar-refractivity contribution in [3.63, 3.8) is 0 Å². The van der Waals surface area contributed by atoms with Crippen molar-refractivity contribution in [3.05, 3.63) is 221 Å². The van der Waals surface area contributed by atoms with Gasteiger partial charge in [0.1, 0.15) is 11.2 Å². The molecule has 0 aliphatic heterocycles. The summed E-state index contributed by atoms with van der Waals surface area (Å²) >= 11 is 0. The van der Waals surface area contributed by atoms with Crippen LogP contribution in [0.1, 0.15) is 33.4 Å². The SMILES string of the molecule is Cc1ccccc1-c1c(C)cccc1N(c1ccc2c(c1)C(c1ccccc1)(c1ccccc1)c1ccccc1-2)c1cccc2oc3ccccc3c12. The molecule has 0 bridgehead atoms. The lowest BCUT2D eigenvalue weighted by Crippen LogP contribution is -2.28. The van der Waals surface area contributed by atoms with Crippen molar-refractivity contribution in [3.8, 4) is 22.3 Å². The van der Waals surface area contributed by atoms with Crippen LogP contribution in [0.15, 0.2) is 192 Å². The van der Waals surface area contributed by atoms with Gasteiger partial charge in [-0.1, -0.05) is 152 Å². The smallest absolute Gasteiger partial charge is 0.137 e. The maximum absolute atomic E-state index is 6.51. The molecule has 0 amide bonds. The Hall–Kier alpha value is -6.64. The van der Waals surface area contributed by atoms with Crippen molar-refractivity contribution in [1.29, 1.82) is 0 Å². The van der Waals surface area contributed by atoms with Gasteiger partial charge in [-0.3, -0.25) is 0 Å². The first-order chi connectivity index (χ1) is 26.1. The third kappa shape index (κ3) is 4.65. The van der Waals surface area contributed by atoms with Crippen molar-refractivity contribution < 1.29 is 4.42 Å². The molecule has 1 aliphatic carbocycles. The Bertz CT molecular complexity index is 2770. The number of rotatable bonds is 6. The molecular weight excluding hydrogens is 643 g/mol. The first-order valence-corrected chi connectivity index (χ1v) is 18.4. The van der Waals surface area contributed by atoms with E-state index in [4.69, 9.17) is 4.42 Å². The van der Waals surface area contributed by atoms with Gasteiger partial charge in [-0.05, 0) is 100 Å². The summed E-state index contributed by atoms with van der Waals surface area (Å²) in [6.07, 6.45) is 0. The minimum Gasteiger partial charge on any atom is -0.456 e. The van der Waals surface area contributed by atoms with Crippen molar-refractivity contribution in [2.45, 2.75) is 19.3 Å². The highest BCUT2D eigenvalue weighted by Gasteiger charge is 2.46. The second kappa shape index (κ2) is 12.3. The number of fused-ring (bicyclic) bond motifs is 6. The van der Waals surface area contributed by atoms with E-state index in [2.05, 4.69) is 201 Å². The maximum atomic E-state index is 6.51. The zero-order valence-electron chi connectivity index (χ0n) is 29.8. The zero-order chi connectivity index (χ0) is 35.5. The Morgan fingerprint density at radius 1 is 0.434 bits per heavy atom. The van der Waals surface area contributed by atoms with Gasteiger partial charge in [0.25, 0.3) is 0 Å². The summed E-state index contributed by atoms with van der Waals surface area (Å²) < 4.78 is 6.51. The highest BCUT2D eigenvalue weighted by Crippen LogP contribution is 2.58. The number of hydrogen-bond acceptors (Lipinski definition) is 2. The van der Waals surface area contributed by atoms with E-state index in [0.717, 1.165) is 39.0 Å². The fourth-order valence-corrected chi connectivity index (χ4v) is 8.96. The van der Waals surface area contributed by atoms with Crippen LogP contribution in [0.3, 0.4) is 0 Å². The van der Waals surface area contributed by atoms with Crippen molar-refractivity contribution in [2.24, 2.45) is 0 Å². The van der Waals surface area contributed by atoms with Gasteiger partial charge < -0.3 is 9.32 Å². The van der Waals surface area contributed by atoms with Gasteiger partial charge in [-0.2, -0.15) is 0 Å². The maximum Gasteiger partial charge on any atom is 0.137 e. The van der Waals surface area contributed by atoms with E-state index in [0.29, 0.717) is 0 Å². The standard InChI is InChI=1S/C51H37NO/c1-34-17-9-10-23-39(34)49-35(2)18-15-27-45(49)52(46-28-16-30-48-50(46)42-25-12-14-29-47(42)53-48)38-31-32-41-40-24-11-13-26-43(40)51(44(41)33-38,36-19-5-3-6-20-36)37-21-7-4-8-22-37/h3-33H,1-2H3. The number of benzene rings is 8. The summed E-state index contributed by atoms with van der Waals surface area (Å²) in [5.74, 6) is 0. The lowest BCUT2D eigenvalue weighted by atomic mass is 9.67. The van der Waals surface area contributed by atoms with Crippen LogP contribution in [-0.2, 0) is 5.41 Å². The molecule has 0 unspecified atom stereocenters. The van der Waals surface area contributed by atoms with Crippen molar-refractivity contribution in [2.75, 3.05) is 4.90 Å². The second-order valence-corrected chi connectivity index (χ2v) is 14.1. The van der Waals surface area contributed by atoms with Crippen LogP contribution < -0.4 is 4.90 Å². The number of aryl methyl sites for hydroxylation is 2. The molecule has 2 heteroatoms. The fraction of sp³-hybridized carbons (Fsp3) is 0.0588. The summed E-state index contributed by atoms with van der Waals surface area (Å²) in [6.45, 7) is 4.44. The van der Waals surface area contributed by atoms with Gasteiger partial charge >= 0.3 is 0 Å². The van der Waals surface area contributed by atoms with Gasteiger partial charge in [0.15, 0.2) is 0 Å². The Morgan fingerprint density at radius 2 is 1.02 bits per heavy atom. The molecule has 0 fully saturated rings. The third-order valence-corrected chi connectivity index (χ3v) is 11.2. The molecule has 0 saturated heterocycles. The molecule has 1 aliphatic rings. The summed E-state index contributed by atoms with van der Waals surface area (Å²) in [5.41, 5.74) is 17.0. The van der Waals surface area contributed by atoms with Crippen molar-refractivity contribution >= 4 is 39.0 Å². The predicted molar refractivity (Wildman–Crippen MR) is 221 cm³/mol. The van der Waals surface area contributed by atoms with E-state index in [9.17, 15) is 0 Å². The minimum absolute atomic E-state index is 0.518. The highest BCUT2D eigenvalue weighted by molar-refractivity contribution is 6.14. The number of hydrogen-bond donors (Lipinski definition) is 0. The van der Waals surface area contributed by atoms with Crippen LogP contribution in [0.2, 0.25) is 0 Å². The fourth-order valence-electron chi connectivity index (χ4n) is 8.96. The third-order valence-electron chi connectivity index (χ3n) is 11.2. The zero-order valence-corrected chi connectivity index (χ0v) is 29.8. The van der Waals surface area contributed by atoms with Crippen LogP contribution in [-0.4, -0.2) is 0 Å². The molecule has 252 valence electrons. The van der Waals surface area contributed by atoms with Crippen LogP contribution in [0.4, 0.5) is 17.1 Å². The number of furan rings is 1. The van der Waals surface area contributed by atoms with Crippen LogP contribution >= 0.6 is 0 Å². The summed E-state index contributed by atoms with van der Waals surface area (Å²) in [6, 6.07) is 68.4. The summed E-state index contributed by atoms with van der Waals surface area (Å²) in [5, 5.41) is 2.20. The van der Waals surface area contributed by atoms with Crippen LogP contribution in [0.25, 0.3) is 44.2 Å². The Kier molecular flexibility index (Phi) is 7.19. The van der Waals surface area contributed by atoms with Crippen LogP contribution in [0.5, 0.6) is 0 Å². The van der Waals surface area contributed by atoms with E-state index in [1.54, 1.807) is 0 Å². The summed E-state index contributed by atoms with van der Waals surface area (Å²) in [7, 11) is 0. The van der Waals surface area contributed by atoms with Crippen molar-refractivity contribution in [1.82, 2.24) is 0 Å². The quantitative estimate of drug-likeness (QED) is 0.174. The molecule has 0 spiro atoms.